The fourth-order valence-electron chi connectivity index (χ4n) is 10.5. The van der Waals surface area contributed by atoms with E-state index in [2.05, 4.69) is 77.4 Å². The lowest BCUT2D eigenvalue weighted by Crippen LogP contribution is -2.51. The zero-order valence-corrected chi connectivity index (χ0v) is 39.0. The summed E-state index contributed by atoms with van der Waals surface area (Å²) in [6, 6.07) is 6.72. The molecule has 0 unspecified atom stereocenters. The summed E-state index contributed by atoms with van der Waals surface area (Å²) < 4.78 is 9.66. The standard InChI is InChI=1S/C50H68N8O6/c1-29(2)42(55-48(61)63-8)46(59)57-27-31(5)22-40(57)44-51-25-38(53-44)36-14-12-34(13-15-36)35-16-17-37(33(7)24-50(21-18-35)19-10-11-20-50)39-26-52-45(54-39)41-23-32(6)28-58(41)47(60)43(30(3)4)56-49(62)64-9/h12-17,25-26,29-32,40-43H,7,10-11,18-24,27-28H2,1-6,8-9H3,(H,51,53)(H,52,54)(H,55,61)(H,56,62)/b35-16+,37-17+/t31-,32-,40-,41-,42-,43-/m0/s1. The highest BCUT2D eigenvalue weighted by Gasteiger charge is 2.42. The first-order chi connectivity index (χ1) is 30.6. The van der Waals surface area contributed by atoms with E-state index in [1.807, 2.05) is 49.9 Å². The van der Waals surface area contributed by atoms with Crippen molar-refractivity contribution in [3.05, 3.63) is 83.9 Å². The van der Waals surface area contributed by atoms with E-state index in [0.717, 1.165) is 77.4 Å². The molecule has 4 heterocycles. The quantitative estimate of drug-likeness (QED) is 0.148. The number of carbonyl (C=O) groups excluding carboxylic acids is 4. The Morgan fingerprint density at radius 3 is 1.72 bits per heavy atom. The second-order valence-corrected chi connectivity index (χ2v) is 19.6. The van der Waals surface area contributed by atoms with Gasteiger partial charge in [0, 0.05) is 18.7 Å². The summed E-state index contributed by atoms with van der Waals surface area (Å²) in [7, 11) is 2.61. The Kier molecular flexibility index (Phi) is 14.2. The zero-order chi connectivity index (χ0) is 45.9. The van der Waals surface area contributed by atoms with E-state index in [1.165, 1.54) is 45.5 Å². The number of aromatic nitrogens is 4. The molecule has 2 aliphatic heterocycles. The number of likely N-dealkylation sites (tertiary alicyclic amines) is 2. The molecule has 2 aromatic heterocycles. The first kappa shape index (κ1) is 46.3. The van der Waals surface area contributed by atoms with Crippen molar-refractivity contribution in [3.63, 3.8) is 0 Å². The lowest BCUT2D eigenvalue weighted by atomic mass is 9.74. The van der Waals surface area contributed by atoms with E-state index in [1.54, 1.807) is 0 Å². The van der Waals surface area contributed by atoms with Crippen LogP contribution in [0.2, 0.25) is 0 Å². The number of rotatable bonds is 11. The van der Waals surface area contributed by atoms with Crippen LogP contribution in [0.3, 0.4) is 0 Å². The van der Waals surface area contributed by atoms with E-state index >= 15 is 0 Å². The average Bonchev–Trinajstić information content (AvgIpc) is 4.13. The van der Waals surface area contributed by atoms with E-state index in [0.29, 0.717) is 13.1 Å². The highest BCUT2D eigenvalue weighted by atomic mass is 16.5. The number of methoxy groups -OCH3 is 2. The highest BCUT2D eigenvalue weighted by molar-refractivity contribution is 5.87. The fourth-order valence-corrected chi connectivity index (χ4v) is 10.5. The second-order valence-electron chi connectivity index (χ2n) is 19.6. The van der Waals surface area contributed by atoms with Gasteiger partial charge in [0.2, 0.25) is 11.8 Å². The molecule has 3 fully saturated rings. The number of aromatic amines is 2. The van der Waals surface area contributed by atoms with Gasteiger partial charge in [0.05, 0.1) is 50.1 Å². The van der Waals surface area contributed by atoms with Crippen LogP contribution in [0, 0.1) is 29.1 Å². The van der Waals surface area contributed by atoms with E-state index in [-0.39, 0.29) is 53.0 Å². The van der Waals surface area contributed by atoms with Crippen LogP contribution in [0.15, 0.2) is 61.0 Å². The van der Waals surface area contributed by atoms with Gasteiger partial charge >= 0.3 is 12.2 Å². The number of hydrogen-bond acceptors (Lipinski definition) is 8. The van der Waals surface area contributed by atoms with Crippen molar-refractivity contribution in [1.82, 2.24) is 40.4 Å². The third-order valence-electron chi connectivity index (χ3n) is 14.1. The molecule has 1 spiro atoms. The Balaban J connectivity index is 1.13. The summed E-state index contributed by atoms with van der Waals surface area (Å²) in [5.41, 5.74) is 7.45. The monoisotopic (exact) mass is 877 g/mol. The Hall–Kier alpha value is -5.66. The minimum absolute atomic E-state index is 0.118. The van der Waals surface area contributed by atoms with Crippen molar-refractivity contribution in [2.24, 2.45) is 29.1 Å². The maximum Gasteiger partial charge on any atom is 0.407 e. The van der Waals surface area contributed by atoms with Gasteiger partial charge in [-0.05, 0) is 96.3 Å². The number of allylic oxidation sites excluding steroid dienone is 5. The third kappa shape index (κ3) is 10.0. The number of alkyl carbamates (subject to hydrolysis) is 2. The predicted octanol–water partition coefficient (Wildman–Crippen LogP) is 9.15. The Labute approximate surface area is 378 Å². The number of nitrogens with one attached hydrogen (secondary N) is 4. The Morgan fingerprint density at radius 2 is 1.22 bits per heavy atom. The number of imidazole rings is 2. The number of carbonyl (C=O) groups is 4. The van der Waals surface area contributed by atoms with Gasteiger partial charge in [-0.1, -0.05) is 97.4 Å². The van der Waals surface area contributed by atoms with Crippen LogP contribution in [0.25, 0.3) is 22.4 Å². The lowest BCUT2D eigenvalue weighted by Gasteiger charge is -2.30. The largest absolute Gasteiger partial charge is 0.453 e. The van der Waals surface area contributed by atoms with E-state index in [9.17, 15) is 19.2 Å². The van der Waals surface area contributed by atoms with E-state index < -0.39 is 24.3 Å². The third-order valence-corrected chi connectivity index (χ3v) is 14.1. The van der Waals surface area contributed by atoms with Gasteiger partial charge in [-0.15, -0.1) is 0 Å². The second kappa shape index (κ2) is 19.6. The van der Waals surface area contributed by atoms with E-state index in [4.69, 9.17) is 19.4 Å². The molecule has 14 heteroatoms. The molecule has 4 aliphatic rings. The summed E-state index contributed by atoms with van der Waals surface area (Å²) in [6.45, 7) is 17.8. The lowest BCUT2D eigenvalue weighted by molar-refractivity contribution is -0.136. The molecular formula is C50H68N8O6. The molecule has 2 saturated heterocycles. The van der Waals surface area contributed by atoms with Crippen molar-refractivity contribution in [3.8, 4) is 11.3 Å². The number of nitrogens with zero attached hydrogens (tertiary/aromatic N) is 4. The summed E-state index contributed by atoms with van der Waals surface area (Å²) >= 11 is 0. The Bertz CT molecular complexity index is 2250. The van der Waals surface area contributed by atoms with Gasteiger partial charge < -0.3 is 39.9 Å². The van der Waals surface area contributed by atoms with Crippen molar-refractivity contribution in [2.45, 2.75) is 123 Å². The van der Waals surface area contributed by atoms with Gasteiger partial charge in [0.1, 0.15) is 23.7 Å². The van der Waals surface area contributed by atoms with Crippen LogP contribution in [0.1, 0.15) is 134 Å². The van der Waals surface area contributed by atoms with Gasteiger partial charge in [-0.3, -0.25) is 9.59 Å². The molecule has 2 aliphatic carbocycles. The molecule has 4 N–H and O–H groups in total. The molecule has 7 rings (SSSR count). The van der Waals surface area contributed by atoms with Gasteiger partial charge in [-0.2, -0.15) is 0 Å². The number of H-pyrrole nitrogens is 2. The first-order valence-electron chi connectivity index (χ1n) is 23.2. The zero-order valence-electron chi connectivity index (χ0n) is 39.0. The van der Waals surface area contributed by atoms with Gasteiger partial charge in [0.25, 0.3) is 0 Å². The Morgan fingerprint density at radius 1 is 0.734 bits per heavy atom. The first-order valence-corrected chi connectivity index (χ1v) is 23.2. The molecule has 14 nitrogen and oxygen atoms in total. The molecule has 1 saturated carbocycles. The number of hydrogen-bond donors (Lipinski definition) is 4. The minimum Gasteiger partial charge on any atom is -0.453 e. The molecule has 3 aromatic rings. The summed E-state index contributed by atoms with van der Waals surface area (Å²) in [4.78, 5) is 72.7. The SMILES string of the molecule is C=C1CC2(CCCC2)CC/C(c2ccc(-c3cnc([C@@H]4C[C@H](C)CN4C(=O)[C@@H](NC(=O)OC)C(C)C)[nH]3)cc2)=C\C=C/1c1cnc([C@@H]2C[C@H](C)CN2C(=O)[C@@H](NC(=O)OC)C(C)C)[nH]1. The van der Waals surface area contributed by atoms with Gasteiger partial charge in [-0.25, -0.2) is 19.6 Å². The maximum atomic E-state index is 14.0. The molecule has 0 bridgehead atoms. The summed E-state index contributed by atoms with van der Waals surface area (Å²) in [6.07, 6.45) is 16.2. The van der Waals surface area contributed by atoms with Gasteiger partial charge in [0.15, 0.2) is 0 Å². The van der Waals surface area contributed by atoms with Crippen molar-refractivity contribution in [1.29, 1.82) is 0 Å². The van der Waals surface area contributed by atoms with Crippen LogP contribution in [-0.4, -0.2) is 93.1 Å². The topological polar surface area (TPSA) is 175 Å². The molecule has 4 amide bonds. The minimum atomic E-state index is -0.713. The summed E-state index contributed by atoms with van der Waals surface area (Å²) in [5, 5.41) is 5.49. The predicted molar refractivity (Wildman–Crippen MR) is 247 cm³/mol. The number of ether oxygens (including phenoxy) is 2. The van der Waals surface area contributed by atoms with Crippen molar-refractivity contribution >= 4 is 35.1 Å². The maximum absolute atomic E-state index is 14.0. The van der Waals surface area contributed by atoms with Crippen LogP contribution in [0.4, 0.5) is 9.59 Å². The molecule has 64 heavy (non-hydrogen) atoms. The molecular weight excluding hydrogens is 809 g/mol. The number of amides is 4. The average molecular weight is 877 g/mol. The van der Waals surface area contributed by atoms with Crippen LogP contribution in [0.5, 0.6) is 0 Å². The fraction of sp³-hybridized carbons (Fsp3) is 0.560. The molecule has 0 radical (unpaired) electrons. The van der Waals surface area contributed by atoms with Crippen LogP contribution < -0.4 is 10.6 Å². The smallest absolute Gasteiger partial charge is 0.407 e. The van der Waals surface area contributed by atoms with Crippen LogP contribution in [-0.2, 0) is 19.1 Å². The normalized spacial score (nSPS) is 24.9. The number of benzene rings is 1. The van der Waals surface area contributed by atoms with Crippen molar-refractivity contribution < 1.29 is 28.7 Å². The highest BCUT2D eigenvalue weighted by Crippen LogP contribution is 2.50. The molecule has 1 aromatic carbocycles. The molecule has 6 atom stereocenters. The molecule has 344 valence electrons. The summed E-state index contributed by atoms with van der Waals surface area (Å²) in [5.74, 6) is 1.49. The van der Waals surface area contributed by atoms with Crippen molar-refractivity contribution in [2.75, 3.05) is 27.3 Å². The van der Waals surface area contributed by atoms with Crippen LogP contribution >= 0.6 is 0 Å².